The zero-order valence-electron chi connectivity index (χ0n) is 15.0. The van der Waals surface area contributed by atoms with Crippen molar-refractivity contribution in [2.75, 3.05) is 7.11 Å². The number of aryl methyl sites for hydroxylation is 1. The van der Waals surface area contributed by atoms with Crippen molar-refractivity contribution in [2.24, 2.45) is 0 Å². The van der Waals surface area contributed by atoms with E-state index in [4.69, 9.17) is 9.84 Å². The molecule has 1 N–H and O–H groups in total. The number of alkyl halides is 1. The van der Waals surface area contributed by atoms with Gasteiger partial charge in [-0.2, -0.15) is 0 Å². The molecule has 5 heteroatoms. The number of methoxy groups -OCH3 is 1. The van der Waals surface area contributed by atoms with Crippen LogP contribution in [0.15, 0.2) is 60.9 Å². The molecule has 0 amide bonds. The zero-order valence-corrected chi connectivity index (χ0v) is 15.0. The Morgan fingerprint density at radius 3 is 2.46 bits per heavy atom. The van der Waals surface area contributed by atoms with Crippen LogP contribution in [0.5, 0.6) is 5.75 Å². The first kappa shape index (κ1) is 21.1. The number of halogens is 1. The summed E-state index contributed by atoms with van der Waals surface area (Å²) in [5.74, 6) is -0.197. The Kier molecular flexibility index (Phi) is 7.27. The standard InChI is InChI=1S/C22H20FNO3.CH4/c1-27-19-6-8-20(16(12-19)5-9-22(25)26)15-4-7-21(18(11-15)13-23)17-3-2-10-24-14-17;/h2-4,6-8,10-12,14H,5,9,13H2,1H3,(H,25,26);1H4. The van der Waals surface area contributed by atoms with E-state index in [1.54, 1.807) is 19.5 Å². The van der Waals surface area contributed by atoms with Crippen LogP contribution in [0.2, 0.25) is 0 Å². The van der Waals surface area contributed by atoms with Gasteiger partial charge in [-0.05, 0) is 58.5 Å². The van der Waals surface area contributed by atoms with Crippen LogP contribution in [0.25, 0.3) is 22.3 Å². The monoisotopic (exact) mass is 381 g/mol. The van der Waals surface area contributed by atoms with E-state index in [2.05, 4.69) is 4.98 Å². The fourth-order valence-corrected chi connectivity index (χ4v) is 3.10. The van der Waals surface area contributed by atoms with Crippen molar-refractivity contribution in [3.8, 4) is 28.0 Å². The summed E-state index contributed by atoms with van der Waals surface area (Å²) in [7, 11) is 1.57. The highest BCUT2D eigenvalue weighted by atomic mass is 19.1. The molecule has 0 spiro atoms. The van der Waals surface area contributed by atoms with E-state index in [0.717, 1.165) is 27.8 Å². The molecule has 3 aromatic rings. The summed E-state index contributed by atoms with van der Waals surface area (Å²) in [5, 5.41) is 9.02. The Labute approximate surface area is 164 Å². The molecule has 4 nitrogen and oxygen atoms in total. The number of carboxylic acid groups (broad SMARTS) is 1. The molecule has 1 heterocycles. The van der Waals surface area contributed by atoms with Crippen molar-refractivity contribution in [3.05, 3.63) is 72.1 Å². The van der Waals surface area contributed by atoms with Crippen molar-refractivity contribution < 1.29 is 19.0 Å². The topological polar surface area (TPSA) is 59.4 Å². The number of carbonyl (C=O) groups is 1. The first-order valence-corrected chi connectivity index (χ1v) is 8.60. The van der Waals surface area contributed by atoms with E-state index >= 15 is 0 Å². The van der Waals surface area contributed by atoms with Gasteiger partial charge in [-0.3, -0.25) is 9.78 Å². The van der Waals surface area contributed by atoms with E-state index < -0.39 is 12.6 Å². The van der Waals surface area contributed by atoms with E-state index in [1.165, 1.54) is 0 Å². The van der Waals surface area contributed by atoms with Gasteiger partial charge < -0.3 is 9.84 Å². The summed E-state index contributed by atoms with van der Waals surface area (Å²) in [6.07, 6.45) is 3.78. The quantitative estimate of drug-likeness (QED) is 0.583. The van der Waals surface area contributed by atoms with Gasteiger partial charge in [0.1, 0.15) is 12.4 Å². The molecule has 0 unspecified atom stereocenters. The van der Waals surface area contributed by atoms with Crippen LogP contribution < -0.4 is 4.74 Å². The van der Waals surface area contributed by atoms with Crippen molar-refractivity contribution in [3.63, 3.8) is 0 Å². The van der Waals surface area contributed by atoms with Crippen LogP contribution in [0, 0.1) is 0 Å². The number of aromatic nitrogens is 1. The minimum atomic E-state index is -0.861. The molecule has 0 aliphatic heterocycles. The van der Waals surface area contributed by atoms with Gasteiger partial charge >= 0.3 is 5.97 Å². The third-order valence-corrected chi connectivity index (χ3v) is 4.45. The zero-order chi connectivity index (χ0) is 19.2. The van der Waals surface area contributed by atoms with E-state index in [-0.39, 0.29) is 13.8 Å². The lowest BCUT2D eigenvalue weighted by atomic mass is 9.92. The molecule has 0 saturated heterocycles. The van der Waals surface area contributed by atoms with Crippen LogP contribution in [-0.2, 0) is 17.9 Å². The summed E-state index contributed by atoms with van der Waals surface area (Å²) in [4.78, 5) is 15.1. The molecule has 0 saturated carbocycles. The number of benzene rings is 2. The molecule has 1 aromatic heterocycles. The lowest BCUT2D eigenvalue weighted by molar-refractivity contribution is -0.136. The predicted molar refractivity (Wildman–Crippen MR) is 109 cm³/mol. The maximum Gasteiger partial charge on any atom is 0.303 e. The predicted octanol–water partition coefficient (Wildman–Crippen LogP) is 5.55. The molecule has 28 heavy (non-hydrogen) atoms. The number of pyridine rings is 1. The minimum absolute atomic E-state index is 0. The first-order chi connectivity index (χ1) is 13.1. The van der Waals surface area contributed by atoms with Crippen molar-refractivity contribution in [1.82, 2.24) is 4.98 Å². The SMILES string of the molecule is C.COc1ccc(-c2ccc(-c3cccnc3)c(CF)c2)c(CCC(=O)O)c1. The number of carboxylic acids is 1. The smallest absolute Gasteiger partial charge is 0.303 e. The molecular weight excluding hydrogens is 357 g/mol. The van der Waals surface area contributed by atoms with Gasteiger partial charge in [0.05, 0.1) is 7.11 Å². The van der Waals surface area contributed by atoms with Crippen LogP contribution in [-0.4, -0.2) is 23.2 Å². The second-order valence-corrected chi connectivity index (χ2v) is 6.16. The highest BCUT2D eigenvalue weighted by molar-refractivity contribution is 5.76. The van der Waals surface area contributed by atoms with Crippen LogP contribution in [0.1, 0.15) is 25.0 Å². The first-order valence-electron chi connectivity index (χ1n) is 8.60. The van der Waals surface area contributed by atoms with Crippen molar-refractivity contribution >= 4 is 5.97 Å². The van der Waals surface area contributed by atoms with E-state index in [1.807, 2.05) is 48.5 Å². The summed E-state index contributed by atoms with van der Waals surface area (Å²) >= 11 is 0. The minimum Gasteiger partial charge on any atom is -0.497 e. The molecule has 0 fully saturated rings. The van der Waals surface area contributed by atoms with Gasteiger partial charge in [0, 0.05) is 24.4 Å². The molecule has 3 rings (SSSR count). The van der Waals surface area contributed by atoms with Gasteiger partial charge in [0.25, 0.3) is 0 Å². The van der Waals surface area contributed by atoms with Crippen LogP contribution >= 0.6 is 0 Å². The van der Waals surface area contributed by atoms with Gasteiger partial charge in [-0.25, -0.2) is 4.39 Å². The molecular formula is C23H24FNO3. The molecule has 0 atom stereocenters. The number of aliphatic carboxylic acids is 1. The Hall–Kier alpha value is -3.21. The Balaban J connectivity index is 0.00000280. The Bertz CT molecular complexity index is 942. The van der Waals surface area contributed by atoms with E-state index in [0.29, 0.717) is 17.7 Å². The van der Waals surface area contributed by atoms with Gasteiger partial charge in [-0.1, -0.05) is 31.7 Å². The fraction of sp³-hybridized carbons (Fsp3) is 0.217. The molecule has 146 valence electrons. The van der Waals surface area contributed by atoms with Gasteiger partial charge in [-0.15, -0.1) is 0 Å². The third-order valence-electron chi connectivity index (χ3n) is 4.45. The highest BCUT2D eigenvalue weighted by Crippen LogP contribution is 2.33. The van der Waals surface area contributed by atoms with Crippen LogP contribution in [0.3, 0.4) is 0 Å². The maximum absolute atomic E-state index is 13.7. The normalized spacial score (nSPS) is 10.2. The molecule has 0 aliphatic rings. The molecule has 0 aliphatic carbocycles. The molecule has 2 aromatic carbocycles. The van der Waals surface area contributed by atoms with Crippen LogP contribution in [0.4, 0.5) is 4.39 Å². The second-order valence-electron chi connectivity index (χ2n) is 6.16. The lowest BCUT2D eigenvalue weighted by Gasteiger charge is -2.14. The van der Waals surface area contributed by atoms with Gasteiger partial charge in [0.2, 0.25) is 0 Å². The largest absolute Gasteiger partial charge is 0.497 e. The highest BCUT2D eigenvalue weighted by Gasteiger charge is 2.12. The Morgan fingerprint density at radius 2 is 1.82 bits per heavy atom. The summed E-state index contributed by atoms with van der Waals surface area (Å²) in [5.41, 5.74) is 4.81. The summed E-state index contributed by atoms with van der Waals surface area (Å²) < 4.78 is 19.0. The summed E-state index contributed by atoms with van der Waals surface area (Å²) in [6, 6.07) is 14.9. The van der Waals surface area contributed by atoms with E-state index in [9.17, 15) is 9.18 Å². The Morgan fingerprint density at radius 1 is 1.07 bits per heavy atom. The van der Waals surface area contributed by atoms with Crippen molar-refractivity contribution in [2.45, 2.75) is 26.9 Å². The average Bonchev–Trinajstić information content (AvgIpc) is 2.72. The van der Waals surface area contributed by atoms with Gasteiger partial charge in [0.15, 0.2) is 0 Å². The number of rotatable bonds is 7. The third kappa shape index (κ3) is 4.74. The molecule has 0 radical (unpaired) electrons. The maximum atomic E-state index is 13.7. The summed E-state index contributed by atoms with van der Waals surface area (Å²) in [6.45, 7) is -0.599. The lowest BCUT2D eigenvalue weighted by Crippen LogP contribution is -2.00. The second kappa shape index (κ2) is 9.65. The molecule has 0 bridgehead atoms. The van der Waals surface area contributed by atoms with Crippen molar-refractivity contribution in [1.29, 1.82) is 0 Å². The average molecular weight is 381 g/mol. The number of ether oxygens (including phenoxy) is 1. The number of hydrogen-bond acceptors (Lipinski definition) is 3. The number of nitrogens with zero attached hydrogens (tertiary/aromatic N) is 1. The number of hydrogen-bond donors (Lipinski definition) is 1. The fourth-order valence-electron chi connectivity index (χ4n) is 3.10.